The van der Waals surface area contributed by atoms with E-state index in [-0.39, 0.29) is 11.7 Å². The number of ether oxygens (including phenoxy) is 1. The summed E-state index contributed by atoms with van der Waals surface area (Å²) in [6, 6.07) is 6.22. The standard InChI is InChI=1S/C18H24F3N3O3/c1-18(2,3)27-17(26)24-10-8-23(9-11-24)13-6-4-12(5-7-13)16(25)22-15(21)14(19)20/h4-7,14-15H,8-11H2,1-3H3,(H,22,25). The van der Waals surface area contributed by atoms with E-state index in [9.17, 15) is 22.8 Å². The molecule has 1 fully saturated rings. The predicted octanol–water partition coefficient (Wildman–Crippen LogP) is 3.03. The summed E-state index contributed by atoms with van der Waals surface area (Å²) >= 11 is 0. The SMILES string of the molecule is CC(C)(C)OC(=O)N1CCN(c2ccc(C(=O)NC(F)C(F)F)cc2)CC1. The third kappa shape index (κ3) is 6.04. The van der Waals surface area contributed by atoms with Crippen molar-refractivity contribution in [3.8, 4) is 0 Å². The van der Waals surface area contributed by atoms with Crippen molar-refractivity contribution in [2.75, 3.05) is 31.1 Å². The molecule has 1 N–H and O–H groups in total. The first-order chi connectivity index (χ1) is 12.6. The van der Waals surface area contributed by atoms with Gasteiger partial charge in [-0.2, -0.15) is 0 Å². The van der Waals surface area contributed by atoms with Crippen molar-refractivity contribution in [3.63, 3.8) is 0 Å². The lowest BCUT2D eigenvalue weighted by molar-refractivity contribution is 0.0240. The van der Waals surface area contributed by atoms with E-state index in [0.717, 1.165) is 5.69 Å². The summed E-state index contributed by atoms with van der Waals surface area (Å²) in [6.45, 7) is 7.59. The molecule has 0 radical (unpaired) electrons. The Balaban J connectivity index is 1.90. The van der Waals surface area contributed by atoms with Gasteiger partial charge in [-0.3, -0.25) is 4.79 Å². The maximum atomic E-state index is 12.9. The molecule has 1 unspecified atom stereocenters. The minimum absolute atomic E-state index is 0.0921. The Kier molecular flexibility index (Phi) is 6.56. The Morgan fingerprint density at radius 1 is 1.04 bits per heavy atom. The number of amides is 2. The van der Waals surface area contributed by atoms with Gasteiger partial charge in [-0.05, 0) is 45.0 Å². The second kappa shape index (κ2) is 8.49. The molecule has 0 aliphatic carbocycles. The summed E-state index contributed by atoms with van der Waals surface area (Å²) in [5.74, 6) is -0.899. The van der Waals surface area contributed by atoms with Gasteiger partial charge in [-0.15, -0.1) is 0 Å². The molecule has 1 atom stereocenters. The zero-order chi connectivity index (χ0) is 20.2. The minimum Gasteiger partial charge on any atom is -0.444 e. The number of nitrogens with one attached hydrogen (secondary N) is 1. The topological polar surface area (TPSA) is 61.9 Å². The molecule has 2 amide bonds. The van der Waals surface area contributed by atoms with Gasteiger partial charge in [-0.1, -0.05) is 0 Å². The maximum absolute atomic E-state index is 12.9. The second-order valence-electron chi connectivity index (χ2n) is 7.21. The normalized spacial score (nSPS) is 16.3. The van der Waals surface area contributed by atoms with Gasteiger partial charge < -0.3 is 19.9 Å². The molecule has 1 heterocycles. The van der Waals surface area contributed by atoms with E-state index in [1.165, 1.54) is 12.1 Å². The number of carbonyl (C=O) groups excluding carboxylic acids is 2. The number of halogens is 3. The number of hydrogen-bond donors (Lipinski definition) is 1. The summed E-state index contributed by atoms with van der Waals surface area (Å²) in [5.41, 5.74) is 0.364. The van der Waals surface area contributed by atoms with Gasteiger partial charge >= 0.3 is 6.09 Å². The van der Waals surface area contributed by atoms with E-state index in [1.54, 1.807) is 22.3 Å². The zero-order valence-corrected chi connectivity index (χ0v) is 15.5. The molecule has 0 aromatic heterocycles. The Morgan fingerprint density at radius 3 is 2.07 bits per heavy atom. The second-order valence-corrected chi connectivity index (χ2v) is 7.21. The van der Waals surface area contributed by atoms with Gasteiger partial charge in [0.2, 0.25) is 6.30 Å². The molecule has 1 aliphatic rings. The average Bonchev–Trinajstić information content (AvgIpc) is 2.60. The highest BCUT2D eigenvalue weighted by Gasteiger charge is 2.26. The van der Waals surface area contributed by atoms with Crippen LogP contribution < -0.4 is 10.2 Å². The lowest BCUT2D eigenvalue weighted by atomic mass is 10.1. The van der Waals surface area contributed by atoms with E-state index >= 15 is 0 Å². The van der Waals surface area contributed by atoms with Crippen LogP contribution in [0.25, 0.3) is 0 Å². The molecular weight excluding hydrogens is 363 g/mol. The van der Waals surface area contributed by atoms with Gasteiger partial charge in [0.05, 0.1) is 0 Å². The van der Waals surface area contributed by atoms with E-state index in [2.05, 4.69) is 0 Å². The Morgan fingerprint density at radius 2 is 1.59 bits per heavy atom. The summed E-state index contributed by atoms with van der Waals surface area (Å²) in [5, 5.41) is 1.60. The Hall–Kier alpha value is -2.45. The summed E-state index contributed by atoms with van der Waals surface area (Å²) in [6.07, 6.45) is -6.32. The number of alkyl halides is 3. The molecule has 2 rings (SSSR count). The zero-order valence-electron chi connectivity index (χ0n) is 15.5. The first kappa shape index (κ1) is 20.9. The lowest BCUT2D eigenvalue weighted by Crippen LogP contribution is -2.50. The Bertz CT molecular complexity index is 654. The number of anilines is 1. The monoisotopic (exact) mass is 387 g/mol. The third-order valence-electron chi connectivity index (χ3n) is 3.92. The fourth-order valence-electron chi connectivity index (χ4n) is 2.57. The molecule has 0 saturated carbocycles. The number of rotatable bonds is 4. The largest absolute Gasteiger partial charge is 0.444 e. The van der Waals surface area contributed by atoms with Crippen molar-refractivity contribution in [1.29, 1.82) is 0 Å². The van der Waals surface area contributed by atoms with Crippen molar-refractivity contribution in [2.24, 2.45) is 0 Å². The number of nitrogens with zero attached hydrogens (tertiary/aromatic N) is 2. The lowest BCUT2D eigenvalue weighted by Gasteiger charge is -2.36. The van der Waals surface area contributed by atoms with E-state index < -0.39 is 24.2 Å². The molecule has 0 bridgehead atoms. The van der Waals surface area contributed by atoms with Crippen LogP contribution in [-0.4, -0.2) is 61.4 Å². The predicted molar refractivity (Wildman–Crippen MR) is 94.8 cm³/mol. The van der Waals surface area contributed by atoms with Crippen LogP contribution in [0.2, 0.25) is 0 Å². The van der Waals surface area contributed by atoms with Crippen molar-refractivity contribution in [1.82, 2.24) is 10.2 Å². The molecule has 0 spiro atoms. The quantitative estimate of drug-likeness (QED) is 0.807. The highest BCUT2D eigenvalue weighted by Crippen LogP contribution is 2.19. The minimum atomic E-state index is -3.27. The number of hydrogen-bond acceptors (Lipinski definition) is 4. The van der Waals surface area contributed by atoms with Gasteiger partial charge in [0.15, 0.2) is 0 Å². The fourth-order valence-corrected chi connectivity index (χ4v) is 2.57. The summed E-state index contributed by atoms with van der Waals surface area (Å²) in [4.78, 5) is 27.5. The molecular formula is C18H24F3N3O3. The van der Waals surface area contributed by atoms with Crippen LogP contribution >= 0.6 is 0 Å². The van der Waals surface area contributed by atoms with Crippen LogP contribution in [0.3, 0.4) is 0 Å². The number of piperazine rings is 1. The summed E-state index contributed by atoms with van der Waals surface area (Å²) in [7, 11) is 0. The molecule has 1 aromatic carbocycles. The smallest absolute Gasteiger partial charge is 0.410 e. The van der Waals surface area contributed by atoms with Gasteiger partial charge in [0.1, 0.15) is 5.60 Å². The molecule has 1 saturated heterocycles. The number of benzene rings is 1. The van der Waals surface area contributed by atoms with E-state index in [1.807, 2.05) is 25.7 Å². The highest BCUT2D eigenvalue weighted by molar-refractivity contribution is 5.94. The van der Waals surface area contributed by atoms with Crippen LogP contribution in [0.15, 0.2) is 24.3 Å². The van der Waals surface area contributed by atoms with Crippen molar-refractivity contribution < 1.29 is 27.5 Å². The van der Waals surface area contributed by atoms with Crippen LogP contribution in [-0.2, 0) is 4.74 Å². The number of carbonyl (C=O) groups is 2. The van der Waals surface area contributed by atoms with Gasteiger partial charge in [-0.25, -0.2) is 18.0 Å². The molecule has 150 valence electrons. The van der Waals surface area contributed by atoms with Crippen LogP contribution in [0.5, 0.6) is 0 Å². The maximum Gasteiger partial charge on any atom is 0.410 e. The van der Waals surface area contributed by atoms with Gasteiger partial charge in [0.25, 0.3) is 12.3 Å². The molecule has 27 heavy (non-hydrogen) atoms. The average molecular weight is 387 g/mol. The first-order valence-corrected chi connectivity index (χ1v) is 8.63. The van der Waals surface area contributed by atoms with Crippen LogP contribution in [0.4, 0.5) is 23.7 Å². The van der Waals surface area contributed by atoms with E-state index in [0.29, 0.717) is 26.2 Å². The Labute approximate surface area is 156 Å². The molecule has 9 heteroatoms. The van der Waals surface area contributed by atoms with Crippen molar-refractivity contribution in [3.05, 3.63) is 29.8 Å². The van der Waals surface area contributed by atoms with Crippen LogP contribution in [0.1, 0.15) is 31.1 Å². The highest BCUT2D eigenvalue weighted by atomic mass is 19.3. The van der Waals surface area contributed by atoms with Crippen molar-refractivity contribution >= 4 is 17.7 Å². The van der Waals surface area contributed by atoms with Crippen LogP contribution in [0, 0.1) is 0 Å². The third-order valence-corrected chi connectivity index (χ3v) is 3.92. The molecule has 6 nitrogen and oxygen atoms in total. The summed E-state index contributed by atoms with van der Waals surface area (Å²) < 4.78 is 42.6. The fraction of sp³-hybridized carbons (Fsp3) is 0.556. The first-order valence-electron chi connectivity index (χ1n) is 8.63. The van der Waals surface area contributed by atoms with Crippen molar-refractivity contribution in [2.45, 2.75) is 39.1 Å². The van der Waals surface area contributed by atoms with E-state index in [4.69, 9.17) is 4.74 Å². The van der Waals surface area contributed by atoms with Gasteiger partial charge in [0, 0.05) is 37.4 Å². The molecule has 1 aromatic rings. The molecule has 1 aliphatic heterocycles.